The van der Waals surface area contributed by atoms with Crippen LogP contribution in [0.5, 0.6) is 5.75 Å². The zero-order chi connectivity index (χ0) is 20.8. The number of hydrogen-bond acceptors (Lipinski definition) is 6. The van der Waals surface area contributed by atoms with Crippen LogP contribution in [0, 0.1) is 13.8 Å². The van der Waals surface area contributed by atoms with Gasteiger partial charge in [-0.15, -0.1) is 21.5 Å². The van der Waals surface area contributed by atoms with Gasteiger partial charge >= 0.3 is 0 Å². The molecule has 0 saturated carbocycles. The molecule has 0 fully saturated rings. The average molecular weight is 414 g/mol. The Balaban J connectivity index is 1.74. The lowest BCUT2D eigenvalue weighted by Gasteiger charge is -2.21. The number of nitrogens with one attached hydrogen (secondary N) is 1. The van der Waals surface area contributed by atoms with Crippen molar-refractivity contribution in [2.45, 2.75) is 33.5 Å². The molecule has 0 spiro atoms. The highest BCUT2D eigenvalue weighted by molar-refractivity contribution is 7.09. The Morgan fingerprint density at radius 3 is 2.59 bits per heavy atom. The molecule has 1 aromatic carbocycles. The molecule has 0 aliphatic heterocycles. The Morgan fingerprint density at radius 1 is 1.24 bits per heavy atom. The van der Waals surface area contributed by atoms with Crippen molar-refractivity contribution in [3.8, 4) is 5.75 Å². The van der Waals surface area contributed by atoms with Crippen molar-refractivity contribution in [3.63, 3.8) is 0 Å². The maximum Gasteiger partial charge on any atom is 0.194 e. The normalized spacial score (nSPS) is 11.6. The average Bonchev–Trinajstić information content (AvgIpc) is 3.27. The first-order valence-electron chi connectivity index (χ1n) is 9.34. The summed E-state index contributed by atoms with van der Waals surface area (Å²) in [5.74, 6) is 3.36. The van der Waals surface area contributed by atoms with Crippen LogP contribution in [0.1, 0.15) is 27.9 Å². The Kier molecular flexibility index (Phi) is 6.82. The fraction of sp³-hybridized carbons (Fsp3) is 0.400. The Labute approximate surface area is 175 Å². The largest absolute Gasteiger partial charge is 0.497 e. The number of hydrogen-bond donors (Lipinski definition) is 1. The van der Waals surface area contributed by atoms with Crippen LogP contribution >= 0.6 is 11.3 Å². The first kappa shape index (κ1) is 20.8. The van der Waals surface area contributed by atoms with E-state index in [2.05, 4.69) is 30.8 Å². The maximum absolute atomic E-state index is 5.22. The van der Waals surface area contributed by atoms with E-state index in [4.69, 9.17) is 9.73 Å². The Morgan fingerprint density at radius 2 is 2.00 bits per heavy atom. The lowest BCUT2D eigenvalue weighted by Crippen LogP contribution is -2.38. The van der Waals surface area contributed by atoms with Gasteiger partial charge < -0.3 is 19.5 Å². The van der Waals surface area contributed by atoms with E-state index in [0.29, 0.717) is 19.6 Å². The number of guanidine groups is 1. The molecule has 0 radical (unpaired) electrons. The van der Waals surface area contributed by atoms with Crippen LogP contribution in [0.3, 0.4) is 0 Å². The molecule has 154 valence electrons. The van der Waals surface area contributed by atoms with E-state index in [1.54, 1.807) is 18.4 Å². The van der Waals surface area contributed by atoms with Gasteiger partial charge in [-0.1, -0.05) is 12.1 Å². The zero-order valence-electron chi connectivity index (χ0n) is 17.5. The number of aromatic nitrogens is 4. The van der Waals surface area contributed by atoms with Crippen molar-refractivity contribution in [2.75, 3.05) is 14.2 Å². The minimum absolute atomic E-state index is 0.541. The summed E-state index contributed by atoms with van der Waals surface area (Å²) in [5, 5.41) is 14.9. The number of methoxy groups -OCH3 is 1. The van der Waals surface area contributed by atoms with Gasteiger partial charge in [-0.2, -0.15) is 0 Å². The van der Waals surface area contributed by atoms with Crippen LogP contribution in [-0.2, 0) is 26.7 Å². The molecule has 0 amide bonds. The van der Waals surface area contributed by atoms with Gasteiger partial charge in [0.05, 0.1) is 37.4 Å². The van der Waals surface area contributed by atoms with Crippen LogP contribution in [0.15, 0.2) is 34.6 Å². The smallest absolute Gasteiger partial charge is 0.194 e. The lowest BCUT2D eigenvalue weighted by molar-refractivity contribution is 0.414. The predicted molar refractivity (Wildman–Crippen MR) is 115 cm³/mol. The van der Waals surface area contributed by atoms with Crippen LogP contribution in [0.4, 0.5) is 0 Å². The maximum atomic E-state index is 5.22. The number of nitrogens with zero attached hydrogens (tertiary/aromatic N) is 6. The Hall–Kier alpha value is -2.94. The van der Waals surface area contributed by atoms with Crippen molar-refractivity contribution in [3.05, 3.63) is 57.6 Å². The summed E-state index contributed by atoms with van der Waals surface area (Å²) >= 11 is 1.66. The number of ether oxygens (including phenoxy) is 1. The van der Waals surface area contributed by atoms with Gasteiger partial charge in [0.15, 0.2) is 11.8 Å². The second-order valence-corrected chi connectivity index (χ2v) is 7.84. The van der Waals surface area contributed by atoms with E-state index in [-0.39, 0.29) is 0 Å². The van der Waals surface area contributed by atoms with E-state index >= 15 is 0 Å². The van der Waals surface area contributed by atoms with Crippen molar-refractivity contribution in [1.29, 1.82) is 0 Å². The van der Waals surface area contributed by atoms with Crippen molar-refractivity contribution < 1.29 is 4.74 Å². The van der Waals surface area contributed by atoms with Crippen LogP contribution in [0.2, 0.25) is 0 Å². The summed E-state index contributed by atoms with van der Waals surface area (Å²) in [7, 11) is 5.64. The monoisotopic (exact) mass is 413 g/mol. The number of benzene rings is 1. The summed E-state index contributed by atoms with van der Waals surface area (Å²) in [4.78, 5) is 11.4. The van der Waals surface area contributed by atoms with Gasteiger partial charge in [0, 0.05) is 19.5 Å². The second-order valence-electron chi connectivity index (χ2n) is 6.78. The molecule has 0 bridgehead atoms. The predicted octanol–water partition coefficient (Wildman–Crippen LogP) is 2.67. The van der Waals surface area contributed by atoms with Crippen molar-refractivity contribution in [2.24, 2.45) is 12.0 Å². The third kappa shape index (κ3) is 5.54. The topological polar surface area (TPSA) is 80.5 Å². The van der Waals surface area contributed by atoms with Gasteiger partial charge in [0.1, 0.15) is 11.6 Å². The number of thiazole rings is 1. The van der Waals surface area contributed by atoms with Crippen LogP contribution in [0.25, 0.3) is 0 Å². The standard InChI is InChI=1S/C20H27N7OS/c1-14-24-25-19(27(14)4)11-22-20(26(3)12-17-13-29-15(2)23-17)21-10-16-6-8-18(28-5)9-7-16/h6-9,13H,10-12H2,1-5H3,(H,21,22). The minimum Gasteiger partial charge on any atom is -0.497 e. The number of aryl methyl sites for hydroxylation is 2. The summed E-state index contributed by atoms with van der Waals surface area (Å²) in [6.45, 7) is 5.73. The molecule has 2 aromatic heterocycles. The molecule has 3 aromatic rings. The summed E-state index contributed by atoms with van der Waals surface area (Å²) < 4.78 is 7.19. The third-order valence-electron chi connectivity index (χ3n) is 4.59. The van der Waals surface area contributed by atoms with E-state index in [1.807, 2.05) is 56.8 Å². The number of aliphatic imine (C=N–C) groups is 1. The summed E-state index contributed by atoms with van der Waals surface area (Å²) in [6, 6.07) is 7.94. The molecule has 0 saturated heterocycles. The highest BCUT2D eigenvalue weighted by Crippen LogP contribution is 2.13. The second kappa shape index (κ2) is 9.51. The van der Waals surface area contributed by atoms with E-state index in [1.165, 1.54) is 0 Å². The molecule has 8 nitrogen and oxygen atoms in total. The summed E-state index contributed by atoms with van der Waals surface area (Å²) in [6.07, 6.45) is 0. The fourth-order valence-corrected chi connectivity index (χ4v) is 3.37. The molecule has 0 aliphatic carbocycles. The highest BCUT2D eigenvalue weighted by atomic mass is 32.1. The van der Waals surface area contributed by atoms with Gasteiger partial charge in [-0.3, -0.25) is 0 Å². The SMILES string of the molecule is COc1ccc(CN=C(NCc2nnc(C)n2C)N(C)Cc2csc(C)n2)cc1. The molecule has 3 rings (SSSR count). The van der Waals surface area contributed by atoms with Gasteiger partial charge in [0.25, 0.3) is 0 Å². The van der Waals surface area contributed by atoms with Crippen molar-refractivity contribution >= 4 is 17.3 Å². The molecular weight excluding hydrogens is 386 g/mol. The Bertz CT molecular complexity index is 962. The van der Waals surface area contributed by atoms with E-state index < -0.39 is 0 Å². The lowest BCUT2D eigenvalue weighted by atomic mass is 10.2. The number of rotatable bonds is 7. The van der Waals surface area contributed by atoms with Crippen molar-refractivity contribution in [1.82, 2.24) is 30.0 Å². The molecule has 29 heavy (non-hydrogen) atoms. The van der Waals surface area contributed by atoms with E-state index in [9.17, 15) is 0 Å². The van der Waals surface area contributed by atoms with Gasteiger partial charge in [-0.25, -0.2) is 9.98 Å². The zero-order valence-corrected chi connectivity index (χ0v) is 18.3. The molecule has 9 heteroatoms. The minimum atomic E-state index is 0.541. The fourth-order valence-electron chi connectivity index (χ4n) is 2.77. The quantitative estimate of drug-likeness (QED) is 0.474. The molecule has 0 atom stereocenters. The summed E-state index contributed by atoms with van der Waals surface area (Å²) in [5.41, 5.74) is 2.14. The molecule has 1 N–H and O–H groups in total. The van der Waals surface area contributed by atoms with Gasteiger partial charge in [-0.05, 0) is 31.5 Å². The molecule has 0 aliphatic rings. The van der Waals surface area contributed by atoms with Crippen LogP contribution in [-0.4, -0.2) is 44.8 Å². The third-order valence-corrected chi connectivity index (χ3v) is 5.41. The van der Waals surface area contributed by atoms with Gasteiger partial charge in [0.2, 0.25) is 0 Å². The first-order valence-corrected chi connectivity index (χ1v) is 10.2. The molecule has 2 heterocycles. The molecular formula is C20H27N7OS. The first-order chi connectivity index (χ1) is 14.0. The van der Waals surface area contributed by atoms with E-state index in [0.717, 1.165) is 39.6 Å². The molecule has 0 unspecified atom stereocenters. The highest BCUT2D eigenvalue weighted by Gasteiger charge is 2.12. The van der Waals surface area contributed by atoms with Crippen LogP contribution < -0.4 is 10.1 Å².